The SMILES string of the molecule is C=CCOc1cccc2c1cc(C(=O)NC(C)c1ccccc1)n2Cc1ccc(F)cc1. The molecule has 0 saturated carbocycles. The lowest BCUT2D eigenvalue weighted by Gasteiger charge is -2.16. The lowest BCUT2D eigenvalue weighted by molar-refractivity contribution is 0.0931. The highest BCUT2D eigenvalue weighted by Gasteiger charge is 2.20. The van der Waals surface area contributed by atoms with Crippen molar-refractivity contribution in [3.63, 3.8) is 0 Å². The van der Waals surface area contributed by atoms with E-state index in [1.165, 1.54) is 12.1 Å². The summed E-state index contributed by atoms with van der Waals surface area (Å²) in [6.45, 7) is 6.46. The summed E-state index contributed by atoms with van der Waals surface area (Å²) in [4.78, 5) is 13.3. The summed E-state index contributed by atoms with van der Waals surface area (Å²) in [5.74, 6) is 0.209. The molecule has 32 heavy (non-hydrogen) atoms. The zero-order valence-electron chi connectivity index (χ0n) is 17.9. The number of rotatable bonds is 8. The molecule has 4 rings (SSSR count). The lowest BCUT2D eigenvalue weighted by Crippen LogP contribution is -2.28. The maximum absolute atomic E-state index is 13.4. The van der Waals surface area contributed by atoms with E-state index in [1.807, 2.05) is 66.1 Å². The average Bonchev–Trinajstić information content (AvgIpc) is 3.19. The number of aromatic nitrogens is 1. The van der Waals surface area contributed by atoms with Gasteiger partial charge >= 0.3 is 0 Å². The molecule has 1 N–H and O–H groups in total. The number of benzene rings is 3. The number of amides is 1. The molecule has 0 bridgehead atoms. The monoisotopic (exact) mass is 428 g/mol. The van der Waals surface area contributed by atoms with E-state index in [4.69, 9.17) is 4.74 Å². The van der Waals surface area contributed by atoms with Crippen LogP contribution >= 0.6 is 0 Å². The highest BCUT2D eigenvalue weighted by atomic mass is 19.1. The Morgan fingerprint density at radius 1 is 1.09 bits per heavy atom. The highest BCUT2D eigenvalue weighted by molar-refractivity contribution is 6.00. The van der Waals surface area contributed by atoms with Gasteiger partial charge in [0.05, 0.1) is 11.6 Å². The van der Waals surface area contributed by atoms with Crippen molar-refractivity contribution in [2.75, 3.05) is 6.61 Å². The molecule has 0 aliphatic heterocycles. The molecular weight excluding hydrogens is 403 g/mol. The Kier molecular flexibility index (Phi) is 6.36. The average molecular weight is 429 g/mol. The second-order valence-corrected chi connectivity index (χ2v) is 7.64. The number of ether oxygens (including phenoxy) is 1. The van der Waals surface area contributed by atoms with Crippen LogP contribution in [0.2, 0.25) is 0 Å². The van der Waals surface area contributed by atoms with Crippen molar-refractivity contribution in [2.24, 2.45) is 0 Å². The van der Waals surface area contributed by atoms with E-state index in [2.05, 4.69) is 11.9 Å². The standard InChI is InChI=1S/C27H25FN2O2/c1-3-16-32-26-11-7-10-24-23(26)17-25(30(24)18-20-12-14-22(28)15-13-20)27(31)29-19(2)21-8-5-4-6-9-21/h3-15,17,19H,1,16,18H2,2H3,(H,29,31). The number of carbonyl (C=O) groups is 1. The largest absolute Gasteiger partial charge is 0.489 e. The molecule has 3 aromatic carbocycles. The van der Waals surface area contributed by atoms with Crippen LogP contribution in [0, 0.1) is 5.82 Å². The number of nitrogens with one attached hydrogen (secondary N) is 1. The van der Waals surface area contributed by atoms with E-state index in [1.54, 1.807) is 18.2 Å². The van der Waals surface area contributed by atoms with Crippen molar-refractivity contribution in [3.05, 3.63) is 114 Å². The van der Waals surface area contributed by atoms with Crippen molar-refractivity contribution in [2.45, 2.75) is 19.5 Å². The summed E-state index contributed by atoms with van der Waals surface area (Å²) in [6, 6.07) is 23.6. The summed E-state index contributed by atoms with van der Waals surface area (Å²) in [5.41, 5.74) is 3.30. The molecular formula is C27H25FN2O2. The molecule has 1 heterocycles. The topological polar surface area (TPSA) is 43.3 Å². The van der Waals surface area contributed by atoms with Crippen molar-refractivity contribution in [1.29, 1.82) is 0 Å². The first-order valence-corrected chi connectivity index (χ1v) is 10.5. The zero-order valence-corrected chi connectivity index (χ0v) is 17.9. The fraction of sp³-hybridized carbons (Fsp3) is 0.148. The van der Waals surface area contributed by atoms with Crippen LogP contribution in [0.15, 0.2) is 91.5 Å². The van der Waals surface area contributed by atoms with Crippen molar-refractivity contribution in [1.82, 2.24) is 9.88 Å². The van der Waals surface area contributed by atoms with E-state index in [-0.39, 0.29) is 17.8 Å². The first kappa shape index (κ1) is 21.4. The molecule has 0 aliphatic carbocycles. The van der Waals surface area contributed by atoms with Gasteiger partial charge in [0.2, 0.25) is 0 Å². The summed E-state index contributed by atoms with van der Waals surface area (Å²) in [6.07, 6.45) is 1.68. The number of hydrogen-bond acceptors (Lipinski definition) is 2. The van der Waals surface area contributed by atoms with Crippen LogP contribution in [0.25, 0.3) is 10.9 Å². The summed E-state index contributed by atoms with van der Waals surface area (Å²) < 4.78 is 21.2. The van der Waals surface area contributed by atoms with Gasteiger partial charge in [0.1, 0.15) is 23.9 Å². The molecule has 1 atom stereocenters. The van der Waals surface area contributed by atoms with Gasteiger partial charge in [0.15, 0.2) is 0 Å². The van der Waals surface area contributed by atoms with Gasteiger partial charge in [-0.3, -0.25) is 4.79 Å². The van der Waals surface area contributed by atoms with Crippen LogP contribution in [0.3, 0.4) is 0 Å². The highest BCUT2D eigenvalue weighted by Crippen LogP contribution is 2.30. The smallest absolute Gasteiger partial charge is 0.268 e. The first-order valence-electron chi connectivity index (χ1n) is 10.5. The van der Waals surface area contributed by atoms with Crippen LogP contribution in [0.4, 0.5) is 4.39 Å². The Morgan fingerprint density at radius 2 is 1.84 bits per heavy atom. The molecule has 4 aromatic rings. The number of carbonyl (C=O) groups excluding carboxylic acids is 1. The van der Waals surface area contributed by atoms with Gasteiger partial charge < -0.3 is 14.6 Å². The molecule has 1 aromatic heterocycles. The molecule has 4 nitrogen and oxygen atoms in total. The quantitative estimate of drug-likeness (QED) is 0.356. The van der Waals surface area contributed by atoms with Crippen LogP contribution in [0.5, 0.6) is 5.75 Å². The predicted octanol–water partition coefficient (Wildman–Crippen LogP) is 5.88. The molecule has 0 saturated heterocycles. The van der Waals surface area contributed by atoms with Gasteiger partial charge in [-0.15, -0.1) is 0 Å². The molecule has 162 valence electrons. The Bertz CT molecular complexity index is 1230. The maximum Gasteiger partial charge on any atom is 0.268 e. The Morgan fingerprint density at radius 3 is 2.56 bits per heavy atom. The molecule has 0 radical (unpaired) electrons. The summed E-state index contributed by atoms with van der Waals surface area (Å²) >= 11 is 0. The molecule has 0 fully saturated rings. The van der Waals surface area contributed by atoms with Gasteiger partial charge in [0.25, 0.3) is 5.91 Å². The predicted molar refractivity (Wildman–Crippen MR) is 125 cm³/mol. The van der Waals surface area contributed by atoms with Crippen molar-refractivity contribution in [3.8, 4) is 5.75 Å². The van der Waals surface area contributed by atoms with Crippen LogP contribution in [0.1, 0.15) is 34.6 Å². The molecule has 0 spiro atoms. The zero-order chi connectivity index (χ0) is 22.5. The van der Waals surface area contributed by atoms with E-state index >= 15 is 0 Å². The Balaban J connectivity index is 1.74. The summed E-state index contributed by atoms with van der Waals surface area (Å²) in [7, 11) is 0. The number of halogens is 1. The number of fused-ring (bicyclic) bond motifs is 1. The minimum atomic E-state index is -0.291. The third kappa shape index (κ3) is 4.57. The van der Waals surface area contributed by atoms with E-state index in [0.717, 1.165) is 22.0 Å². The Hall–Kier alpha value is -3.86. The first-order chi connectivity index (χ1) is 15.6. The van der Waals surface area contributed by atoms with Crippen molar-refractivity contribution < 1.29 is 13.9 Å². The van der Waals surface area contributed by atoms with Crippen molar-refractivity contribution >= 4 is 16.8 Å². The maximum atomic E-state index is 13.4. The number of hydrogen-bond donors (Lipinski definition) is 1. The van der Waals surface area contributed by atoms with Gasteiger partial charge in [-0.05, 0) is 48.4 Å². The molecule has 5 heteroatoms. The van der Waals surface area contributed by atoms with Crippen LogP contribution < -0.4 is 10.1 Å². The van der Waals surface area contributed by atoms with Gasteiger partial charge in [-0.1, -0.05) is 61.2 Å². The molecule has 0 aliphatic rings. The fourth-order valence-corrected chi connectivity index (χ4v) is 3.76. The molecule has 1 unspecified atom stereocenters. The fourth-order valence-electron chi connectivity index (χ4n) is 3.76. The van der Waals surface area contributed by atoms with E-state index in [9.17, 15) is 9.18 Å². The minimum Gasteiger partial charge on any atom is -0.489 e. The van der Waals surface area contributed by atoms with Gasteiger partial charge in [-0.25, -0.2) is 4.39 Å². The normalized spacial score (nSPS) is 11.8. The second kappa shape index (κ2) is 9.52. The lowest BCUT2D eigenvalue weighted by atomic mass is 10.1. The van der Waals surface area contributed by atoms with Crippen LogP contribution in [-0.4, -0.2) is 17.1 Å². The van der Waals surface area contributed by atoms with E-state index < -0.39 is 0 Å². The van der Waals surface area contributed by atoms with Gasteiger partial charge in [0, 0.05) is 11.9 Å². The summed E-state index contributed by atoms with van der Waals surface area (Å²) in [5, 5.41) is 3.94. The minimum absolute atomic E-state index is 0.155. The van der Waals surface area contributed by atoms with E-state index in [0.29, 0.717) is 24.6 Å². The number of nitrogens with zero attached hydrogens (tertiary/aromatic N) is 1. The molecule has 1 amide bonds. The van der Waals surface area contributed by atoms with Gasteiger partial charge in [-0.2, -0.15) is 0 Å². The Labute approximate surface area is 187 Å². The third-order valence-corrected chi connectivity index (χ3v) is 5.40. The van der Waals surface area contributed by atoms with Crippen LogP contribution in [-0.2, 0) is 6.54 Å². The third-order valence-electron chi connectivity index (χ3n) is 5.40. The second-order valence-electron chi connectivity index (χ2n) is 7.64.